The maximum Gasteiger partial charge on any atom is 0.168 e. The molecule has 0 aliphatic carbocycles. The number of carbonyl (C=O) groups is 2. The third-order valence-electron chi connectivity index (χ3n) is 3.83. The van der Waals surface area contributed by atoms with Crippen LogP contribution in [0, 0.1) is 10.8 Å². The van der Waals surface area contributed by atoms with Crippen molar-refractivity contribution >= 4 is 23.3 Å². The highest BCUT2D eigenvalue weighted by atomic mass is 32.2. The molecule has 132 valence electrons. The van der Waals surface area contributed by atoms with Gasteiger partial charge in [-0.25, -0.2) is 0 Å². The van der Waals surface area contributed by atoms with Crippen LogP contribution in [0.3, 0.4) is 0 Å². The molecule has 0 radical (unpaired) electrons. The van der Waals surface area contributed by atoms with E-state index in [2.05, 4.69) is 0 Å². The summed E-state index contributed by atoms with van der Waals surface area (Å²) in [5.41, 5.74) is 0.736. The van der Waals surface area contributed by atoms with Gasteiger partial charge in [0.15, 0.2) is 11.6 Å². The highest BCUT2D eigenvalue weighted by Crippen LogP contribution is 2.30. The molecule has 0 bridgehead atoms. The molecule has 2 aromatic carbocycles. The van der Waals surface area contributed by atoms with Crippen molar-refractivity contribution in [2.24, 2.45) is 10.8 Å². The van der Waals surface area contributed by atoms with Crippen LogP contribution in [0.15, 0.2) is 58.3 Å². The third-order valence-corrected chi connectivity index (χ3v) is 4.85. The second kappa shape index (κ2) is 7.17. The van der Waals surface area contributed by atoms with E-state index in [0.29, 0.717) is 0 Å². The molecular weight excluding hydrogens is 328 g/mol. The third kappa shape index (κ3) is 5.05. The Bertz CT molecular complexity index is 690. The molecule has 0 heterocycles. The van der Waals surface area contributed by atoms with E-state index in [1.165, 1.54) is 0 Å². The van der Waals surface area contributed by atoms with E-state index >= 15 is 0 Å². The van der Waals surface area contributed by atoms with Gasteiger partial charge >= 0.3 is 0 Å². The molecule has 2 aromatic rings. The molecular formula is C22H26O2S. The van der Waals surface area contributed by atoms with Gasteiger partial charge in [-0.05, 0) is 24.3 Å². The molecule has 2 nitrogen and oxygen atoms in total. The molecule has 3 heteroatoms. The minimum absolute atomic E-state index is 0.147. The highest BCUT2D eigenvalue weighted by Gasteiger charge is 2.23. The first-order valence-electron chi connectivity index (χ1n) is 8.46. The first kappa shape index (κ1) is 19.5. The molecule has 25 heavy (non-hydrogen) atoms. The molecule has 0 saturated heterocycles. The van der Waals surface area contributed by atoms with Gasteiger partial charge in [0.1, 0.15) is 0 Å². The zero-order valence-electron chi connectivity index (χ0n) is 15.8. The Hall–Kier alpha value is -1.87. The van der Waals surface area contributed by atoms with Gasteiger partial charge < -0.3 is 0 Å². The summed E-state index contributed by atoms with van der Waals surface area (Å²) in [6, 6.07) is 15.4. The van der Waals surface area contributed by atoms with Crippen LogP contribution in [0.5, 0.6) is 0 Å². The molecule has 0 fully saturated rings. The van der Waals surface area contributed by atoms with Gasteiger partial charge in [0.2, 0.25) is 0 Å². The monoisotopic (exact) mass is 354 g/mol. The van der Waals surface area contributed by atoms with E-state index in [9.17, 15) is 9.59 Å². The Morgan fingerprint density at radius 2 is 0.880 bits per heavy atom. The predicted molar refractivity (Wildman–Crippen MR) is 105 cm³/mol. The lowest BCUT2D eigenvalue weighted by Crippen LogP contribution is -2.20. The van der Waals surface area contributed by atoms with Gasteiger partial charge in [-0.1, -0.05) is 77.6 Å². The second-order valence-electron chi connectivity index (χ2n) is 8.31. The van der Waals surface area contributed by atoms with Crippen LogP contribution in [-0.2, 0) is 0 Å². The van der Waals surface area contributed by atoms with Crippen LogP contribution in [0.25, 0.3) is 0 Å². The molecule has 0 spiro atoms. The molecule has 0 aliphatic heterocycles. The van der Waals surface area contributed by atoms with Gasteiger partial charge in [-0.3, -0.25) is 9.59 Å². The molecule has 0 saturated carbocycles. The van der Waals surface area contributed by atoms with E-state index in [4.69, 9.17) is 0 Å². The summed E-state index contributed by atoms with van der Waals surface area (Å²) in [7, 11) is 0. The second-order valence-corrected chi connectivity index (χ2v) is 9.46. The van der Waals surface area contributed by atoms with E-state index in [1.807, 2.05) is 90.1 Å². The zero-order chi connectivity index (χ0) is 18.8. The summed E-state index contributed by atoms with van der Waals surface area (Å²) in [5, 5.41) is 0. The molecule has 0 N–H and O–H groups in total. The average Bonchev–Trinajstić information content (AvgIpc) is 2.53. The average molecular weight is 355 g/mol. The van der Waals surface area contributed by atoms with Gasteiger partial charge in [-0.15, -0.1) is 0 Å². The Morgan fingerprint density at radius 3 is 1.12 bits per heavy atom. The van der Waals surface area contributed by atoms with Crippen LogP contribution in [0.2, 0.25) is 0 Å². The van der Waals surface area contributed by atoms with Crippen LogP contribution in [0.1, 0.15) is 62.3 Å². The molecule has 0 aromatic heterocycles. The van der Waals surface area contributed by atoms with Crippen LogP contribution in [-0.4, -0.2) is 11.6 Å². The minimum atomic E-state index is -0.371. The van der Waals surface area contributed by atoms with Crippen molar-refractivity contribution < 1.29 is 9.59 Å². The van der Waals surface area contributed by atoms with E-state index < -0.39 is 0 Å². The fourth-order valence-corrected chi connectivity index (χ4v) is 3.17. The standard InChI is InChI=1S/C22H26O2S/c1-21(2,3)19(23)15-7-11-17(12-8-15)25-18-13-9-16(10-14-18)20(24)22(4,5)6/h7-14H,1-6H3. The number of Topliss-reactive ketones (excluding diaryl/α,β-unsaturated/α-hetero) is 2. The fraction of sp³-hybridized carbons (Fsp3) is 0.364. The molecule has 2 rings (SSSR count). The van der Waals surface area contributed by atoms with E-state index in [1.54, 1.807) is 11.8 Å². The lowest BCUT2D eigenvalue weighted by atomic mass is 9.87. The lowest BCUT2D eigenvalue weighted by molar-refractivity contribution is 0.0852. The smallest absolute Gasteiger partial charge is 0.168 e. The van der Waals surface area contributed by atoms with Crippen molar-refractivity contribution in [2.45, 2.75) is 51.3 Å². The first-order chi connectivity index (χ1) is 11.5. The predicted octanol–water partition coefficient (Wildman–Crippen LogP) is 6.30. The first-order valence-corrected chi connectivity index (χ1v) is 9.28. The highest BCUT2D eigenvalue weighted by molar-refractivity contribution is 7.99. The van der Waals surface area contributed by atoms with Gasteiger partial charge in [0.05, 0.1) is 0 Å². The summed E-state index contributed by atoms with van der Waals surface area (Å²) in [4.78, 5) is 26.7. The lowest BCUT2D eigenvalue weighted by Gasteiger charge is -2.17. The summed E-state index contributed by atoms with van der Waals surface area (Å²) < 4.78 is 0. The quantitative estimate of drug-likeness (QED) is 0.605. The Labute approximate surface area is 155 Å². The molecule has 0 amide bonds. The van der Waals surface area contributed by atoms with Gasteiger partial charge in [0, 0.05) is 31.7 Å². The van der Waals surface area contributed by atoms with Crippen molar-refractivity contribution in [1.29, 1.82) is 0 Å². The van der Waals surface area contributed by atoms with Crippen molar-refractivity contribution in [1.82, 2.24) is 0 Å². The molecule has 0 atom stereocenters. The van der Waals surface area contributed by atoms with Crippen LogP contribution in [0.4, 0.5) is 0 Å². The summed E-state index contributed by atoms with van der Waals surface area (Å²) in [6.45, 7) is 11.6. The van der Waals surface area contributed by atoms with E-state index in [0.717, 1.165) is 20.9 Å². The number of carbonyl (C=O) groups excluding carboxylic acids is 2. The largest absolute Gasteiger partial charge is 0.294 e. The van der Waals surface area contributed by atoms with Crippen molar-refractivity contribution in [3.63, 3.8) is 0 Å². The number of hydrogen-bond donors (Lipinski definition) is 0. The normalized spacial score (nSPS) is 12.1. The number of rotatable bonds is 4. The van der Waals surface area contributed by atoms with Crippen molar-refractivity contribution in [2.75, 3.05) is 0 Å². The Morgan fingerprint density at radius 1 is 0.600 bits per heavy atom. The maximum absolute atomic E-state index is 12.3. The van der Waals surface area contributed by atoms with Crippen molar-refractivity contribution in [3.8, 4) is 0 Å². The fourth-order valence-electron chi connectivity index (χ4n) is 2.35. The molecule has 0 aliphatic rings. The van der Waals surface area contributed by atoms with Crippen LogP contribution < -0.4 is 0 Å². The van der Waals surface area contributed by atoms with Gasteiger partial charge in [-0.2, -0.15) is 0 Å². The summed E-state index contributed by atoms with van der Waals surface area (Å²) in [6.07, 6.45) is 0. The molecule has 0 unspecified atom stereocenters. The van der Waals surface area contributed by atoms with Crippen LogP contribution >= 0.6 is 11.8 Å². The maximum atomic E-state index is 12.3. The summed E-state index contributed by atoms with van der Waals surface area (Å²) >= 11 is 1.62. The number of benzene rings is 2. The Kier molecular flexibility index (Phi) is 5.58. The van der Waals surface area contributed by atoms with E-state index in [-0.39, 0.29) is 22.4 Å². The number of ketones is 2. The topological polar surface area (TPSA) is 34.1 Å². The van der Waals surface area contributed by atoms with Crippen molar-refractivity contribution in [3.05, 3.63) is 59.7 Å². The SMILES string of the molecule is CC(C)(C)C(=O)c1ccc(Sc2ccc(C(=O)C(C)(C)C)cc2)cc1. The summed E-state index contributed by atoms with van der Waals surface area (Å²) in [5.74, 6) is 0.295. The minimum Gasteiger partial charge on any atom is -0.294 e. The van der Waals surface area contributed by atoms with Gasteiger partial charge in [0.25, 0.3) is 0 Å². The zero-order valence-corrected chi connectivity index (χ0v) is 16.7. The Balaban J connectivity index is 2.10. The number of hydrogen-bond acceptors (Lipinski definition) is 3.